The van der Waals surface area contributed by atoms with Gasteiger partial charge in [0.1, 0.15) is 12.1 Å². The van der Waals surface area contributed by atoms with E-state index < -0.39 is 6.04 Å². The molecule has 2 atom stereocenters. The molecule has 0 radical (unpaired) electrons. The predicted octanol–water partition coefficient (Wildman–Crippen LogP) is 2.82. The van der Waals surface area contributed by atoms with E-state index in [1.54, 1.807) is 0 Å². The highest BCUT2D eigenvalue weighted by molar-refractivity contribution is 5.97. The Morgan fingerprint density at radius 2 is 1.62 bits per heavy atom. The van der Waals surface area contributed by atoms with Crippen LogP contribution in [0.4, 0.5) is 0 Å². The Bertz CT molecular complexity index is 402. The molecule has 1 rings (SSSR count). The third kappa shape index (κ3) is 4.45. The molecule has 4 nitrogen and oxygen atoms in total. The first-order valence-corrected chi connectivity index (χ1v) is 7.95. The molecule has 0 aliphatic carbocycles. The summed E-state index contributed by atoms with van der Waals surface area (Å²) < 4.78 is 0. The van der Waals surface area contributed by atoms with E-state index in [1.807, 2.05) is 39.5 Å². The summed E-state index contributed by atoms with van der Waals surface area (Å²) in [7, 11) is 0. The van der Waals surface area contributed by atoms with Gasteiger partial charge in [-0.25, -0.2) is 0 Å². The third-order valence-electron chi connectivity index (χ3n) is 4.02. The van der Waals surface area contributed by atoms with Crippen LogP contribution >= 0.6 is 0 Å². The second-order valence-electron chi connectivity index (χ2n) is 8.84. The van der Waals surface area contributed by atoms with Crippen LogP contribution in [-0.2, 0) is 9.59 Å². The molecule has 1 aliphatic rings. The van der Waals surface area contributed by atoms with Crippen molar-refractivity contribution in [3.05, 3.63) is 0 Å². The molecule has 1 N–H and O–H groups in total. The predicted molar refractivity (Wildman–Crippen MR) is 85.8 cm³/mol. The number of piperazine rings is 1. The van der Waals surface area contributed by atoms with Gasteiger partial charge in [-0.05, 0) is 23.2 Å². The lowest BCUT2D eigenvalue weighted by Gasteiger charge is -2.45. The van der Waals surface area contributed by atoms with Gasteiger partial charge in [0.15, 0.2) is 0 Å². The molecule has 2 amide bonds. The Balaban J connectivity index is 3.04. The van der Waals surface area contributed by atoms with Crippen molar-refractivity contribution < 1.29 is 9.59 Å². The maximum absolute atomic E-state index is 12.9. The minimum absolute atomic E-state index is 0.0153. The van der Waals surface area contributed by atoms with Crippen molar-refractivity contribution in [2.24, 2.45) is 16.7 Å². The molecule has 1 fully saturated rings. The molecule has 0 saturated carbocycles. The molecule has 122 valence electrons. The zero-order valence-corrected chi connectivity index (χ0v) is 14.9. The van der Waals surface area contributed by atoms with Crippen molar-refractivity contribution in [2.75, 3.05) is 6.54 Å². The number of nitrogens with zero attached hydrogens (tertiary/aromatic N) is 1. The molecule has 2 unspecified atom stereocenters. The van der Waals surface area contributed by atoms with Crippen molar-refractivity contribution >= 4 is 11.8 Å². The lowest BCUT2D eigenvalue weighted by Crippen LogP contribution is -2.67. The average Bonchev–Trinajstić information content (AvgIpc) is 2.26. The Morgan fingerprint density at radius 1 is 1.10 bits per heavy atom. The van der Waals surface area contributed by atoms with E-state index in [9.17, 15) is 9.59 Å². The quantitative estimate of drug-likeness (QED) is 0.870. The number of hydrogen-bond donors (Lipinski definition) is 1. The topological polar surface area (TPSA) is 49.4 Å². The lowest BCUT2D eigenvalue weighted by atomic mass is 9.82. The van der Waals surface area contributed by atoms with Gasteiger partial charge in [-0.15, -0.1) is 0 Å². The number of amides is 2. The highest BCUT2D eigenvalue weighted by Crippen LogP contribution is 2.29. The van der Waals surface area contributed by atoms with Crippen LogP contribution in [0.2, 0.25) is 0 Å². The standard InChI is InChI=1S/C17H32N2O2/c1-11(2)12-14(20)18-13(17(6,7)8)15(21)19(12)10-9-16(3,4)5/h11-13H,9-10H2,1-8H3,(H,18,20). The van der Waals surface area contributed by atoms with Gasteiger partial charge in [0.2, 0.25) is 11.8 Å². The Hall–Kier alpha value is -1.06. The van der Waals surface area contributed by atoms with Gasteiger partial charge in [0.25, 0.3) is 0 Å². The van der Waals surface area contributed by atoms with Crippen LogP contribution in [0.3, 0.4) is 0 Å². The number of carbonyl (C=O) groups excluding carboxylic acids is 2. The molecule has 0 aromatic rings. The molecule has 1 heterocycles. The van der Waals surface area contributed by atoms with E-state index in [0.717, 1.165) is 6.42 Å². The lowest BCUT2D eigenvalue weighted by molar-refractivity contribution is -0.154. The molecule has 1 aliphatic heterocycles. The fourth-order valence-corrected chi connectivity index (χ4v) is 2.69. The molecule has 21 heavy (non-hydrogen) atoms. The molecule has 1 saturated heterocycles. The molecule has 4 heteroatoms. The van der Waals surface area contributed by atoms with Gasteiger partial charge in [-0.1, -0.05) is 55.4 Å². The molecule has 0 aromatic heterocycles. The van der Waals surface area contributed by atoms with Crippen LogP contribution < -0.4 is 5.32 Å². The van der Waals surface area contributed by atoms with Crippen molar-refractivity contribution in [3.8, 4) is 0 Å². The summed E-state index contributed by atoms with van der Waals surface area (Å²) in [4.78, 5) is 27.1. The smallest absolute Gasteiger partial charge is 0.246 e. The van der Waals surface area contributed by atoms with E-state index in [1.165, 1.54) is 0 Å². The first kappa shape index (κ1) is 18.0. The average molecular weight is 296 g/mol. The zero-order valence-electron chi connectivity index (χ0n) is 14.9. The van der Waals surface area contributed by atoms with E-state index in [0.29, 0.717) is 6.54 Å². The second-order valence-corrected chi connectivity index (χ2v) is 8.84. The van der Waals surface area contributed by atoms with Crippen LogP contribution in [0.1, 0.15) is 61.8 Å². The maximum atomic E-state index is 12.9. The normalized spacial score (nSPS) is 24.5. The van der Waals surface area contributed by atoms with Gasteiger partial charge in [-0.3, -0.25) is 9.59 Å². The van der Waals surface area contributed by atoms with E-state index in [2.05, 4.69) is 26.1 Å². The minimum Gasteiger partial charge on any atom is -0.342 e. The van der Waals surface area contributed by atoms with Crippen LogP contribution in [0.5, 0.6) is 0 Å². The minimum atomic E-state index is -0.431. The molecular weight excluding hydrogens is 264 g/mol. The molecular formula is C17H32N2O2. The first-order chi connectivity index (χ1) is 9.34. The Morgan fingerprint density at radius 3 is 2.00 bits per heavy atom. The SMILES string of the molecule is CC(C)C1C(=O)NC(C(C)(C)C)C(=O)N1CCC(C)(C)C. The number of hydrogen-bond acceptors (Lipinski definition) is 2. The van der Waals surface area contributed by atoms with Crippen molar-refractivity contribution in [3.63, 3.8) is 0 Å². The molecule has 0 aromatic carbocycles. The van der Waals surface area contributed by atoms with Crippen molar-refractivity contribution in [1.29, 1.82) is 0 Å². The summed E-state index contributed by atoms with van der Waals surface area (Å²) in [5.74, 6) is 0.165. The molecule has 0 bridgehead atoms. The monoisotopic (exact) mass is 296 g/mol. The van der Waals surface area contributed by atoms with E-state index >= 15 is 0 Å². The fraction of sp³-hybridized carbons (Fsp3) is 0.882. The summed E-state index contributed by atoms with van der Waals surface area (Å²) in [6.07, 6.45) is 0.895. The van der Waals surface area contributed by atoms with Gasteiger partial charge >= 0.3 is 0 Å². The van der Waals surface area contributed by atoms with Crippen LogP contribution in [0.25, 0.3) is 0 Å². The van der Waals surface area contributed by atoms with Gasteiger partial charge in [0.05, 0.1) is 0 Å². The fourth-order valence-electron chi connectivity index (χ4n) is 2.69. The van der Waals surface area contributed by atoms with Crippen LogP contribution in [0.15, 0.2) is 0 Å². The van der Waals surface area contributed by atoms with Crippen molar-refractivity contribution in [2.45, 2.75) is 73.9 Å². The summed E-state index contributed by atoms with van der Waals surface area (Å²) in [6.45, 7) is 17.1. The van der Waals surface area contributed by atoms with Gasteiger partial charge < -0.3 is 10.2 Å². The first-order valence-electron chi connectivity index (χ1n) is 7.95. The zero-order chi connectivity index (χ0) is 16.6. The number of carbonyl (C=O) groups is 2. The summed E-state index contributed by atoms with van der Waals surface area (Å²) in [6, 6.07) is -0.779. The number of nitrogens with one attached hydrogen (secondary N) is 1. The van der Waals surface area contributed by atoms with Gasteiger partial charge in [-0.2, -0.15) is 0 Å². The highest BCUT2D eigenvalue weighted by atomic mass is 16.2. The van der Waals surface area contributed by atoms with Crippen LogP contribution in [0, 0.1) is 16.7 Å². The van der Waals surface area contributed by atoms with E-state index in [4.69, 9.17) is 0 Å². The summed E-state index contributed by atoms with van der Waals surface area (Å²) in [5, 5.41) is 2.93. The summed E-state index contributed by atoms with van der Waals surface area (Å²) in [5.41, 5.74) is -0.123. The summed E-state index contributed by atoms with van der Waals surface area (Å²) >= 11 is 0. The second kappa shape index (κ2) is 5.98. The number of rotatable bonds is 3. The third-order valence-corrected chi connectivity index (χ3v) is 4.02. The molecule has 0 spiro atoms. The largest absolute Gasteiger partial charge is 0.342 e. The van der Waals surface area contributed by atoms with Crippen LogP contribution in [-0.4, -0.2) is 35.3 Å². The maximum Gasteiger partial charge on any atom is 0.246 e. The Kier molecular flexibility index (Phi) is 5.12. The Labute approximate surface area is 129 Å². The van der Waals surface area contributed by atoms with E-state index in [-0.39, 0.29) is 34.6 Å². The highest BCUT2D eigenvalue weighted by Gasteiger charge is 2.46. The van der Waals surface area contributed by atoms with Crippen molar-refractivity contribution in [1.82, 2.24) is 10.2 Å². The van der Waals surface area contributed by atoms with Gasteiger partial charge in [0, 0.05) is 6.54 Å².